The Balaban J connectivity index is 3.70. The molecule has 212 valence electrons. The van der Waals surface area contributed by atoms with Gasteiger partial charge in [-0.3, -0.25) is 14.6 Å². The Morgan fingerprint density at radius 3 is 2.25 bits per heavy atom. The lowest BCUT2D eigenvalue weighted by molar-refractivity contribution is -0.116. The molecule has 0 aliphatic rings. The fourth-order valence-corrected chi connectivity index (χ4v) is 3.48. The number of hydrogen-bond donors (Lipinski definition) is 1. The molecule has 0 fully saturated rings. The number of halogens is 3. The van der Waals surface area contributed by atoms with Crippen LogP contribution in [0.1, 0.15) is 45.7 Å². The molecule has 40 heavy (non-hydrogen) atoms. The topological polar surface area (TPSA) is 97.9 Å². The molecule has 0 aromatic heterocycles. The Morgan fingerprint density at radius 1 is 1.15 bits per heavy atom. The highest BCUT2D eigenvalue weighted by Gasteiger charge is 2.32. The number of nitrogens with one attached hydrogen (secondary N) is 1. The van der Waals surface area contributed by atoms with Crippen molar-refractivity contribution >= 4 is 28.7 Å². The third kappa shape index (κ3) is 9.66. The molecule has 0 radical (unpaired) electrons. The van der Waals surface area contributed by atoms with E-state index in [1.54, 1.807) is 26.8 Å². The van der Waals surface area contributed by atoms with Gasteiger partial charge in [-0.25, -0.2) is 4.99 Å². The maximum Gasteiger partial charge on any atom is 0.430 e. The Labute approximate surface area is 233 Å². The van der Waals surface area contributed by atoms with Crippen molar-refractivity contribution in [2.75, 3.05) is 13.6 Å². The van der Waals surface area contributed by atoms with Crippen molar-refractivity contribution in [2.45, 2.75) is 47.7 Å². The third-order valence-corrected chi connectivity index (χ3v) is 5.68. The standard InChI is InChI=1S/C30H34F3N5O2/c1-9-23(17-34)16-26(21(6)39)27(11-3)36-29(40)28(20(5)25-15-13-12-14-19(25)4)35-24(10-2)18-38(8)37-22(7)30(31,32)33/h9-16H,2,18H2,1,3-8H3,(H,36,40)/b23-9+,26-16-,27-11-,28-20+,35-24?,37-22+. The number of amides is 1. The van der Waals surface area contributed by atoms with E-state index in [0.29, 0.717) is 5.57 Å². The van der Waals surface area contributed by atoms with E-state index < -0.39 is 17.8 Å². The summed E-state index contributed by atoms with van der Waals surface area (Å²) in [6, 6.07) is 9.30. The highest BCUT2D eigenvalue weighted by atomic mass is 19.4. The molecule has 7 nitrogen and oxygen atoms in total. The molecule has 0 unspecified atom stereocenters. The highest BCUT2D eigenvalue weighted by molar-refractivity contribution is 6.08. The van der Waals surface area contributed by atoms with Gasteiger partial charge in [-0.15, -0.1) is 0 Å². The minimum Gasteiger partial charge on any atom is -0.320 e. The zero-order valence-corrected chi connectivity index (χ0v) is 23.8. The number of alkyl halides is 3. The van der Waals surface area contributed by atoms with Gasteiger partial charge < -0.3 is 5.32 Å². The molecule has 1 rings (SSSR count). The lowest BCUT2D eigenvalue weighted by Crippen LogP contribution is -2.29. The Hall–Kier alpha value is -4.52. The zero-order valence-electron chi connectivity index (χ0n) is 23.8. The van der Waals surface area contributed by atoms with Crippen LogP contribution in [0.4, 0.5) is 13.2 Å². The van der Waals surface area contributed by atoms with Crippen LogP contribution in [0.2, 0.25) is 0 Å². The summed E-state index contributed by atoms with van der Waals surface area (Å²) in [5.74, 6) is -1.05. The Bertz CT molecular complexity index is 1370. The van der Waals surface area contributed by atoms with E-state index in [1.165, 1.54) is 38.3 Å². The van der Waals surface area contributed by atoms with Crippen molar-refractivity contribution in [1.82, 2.24) is 10.3 Å². The van der Waals surface area contributed by atoms with Gasteiger partial charge >= 0.3 is 6.18 Å². The number of nitriles is 1. The summed E-state index contributed by atoms with van der Waals surface area (Å²) in [6.07, 6.45) is 1.18. The lowest BCUT2D eigenvalue weighted by Gasteiger charge is -2.18. The van der Waals surface area contributed by atoms with Crippen LogP contribution in [0.5, 0.6) is 0 Å². The monoisotopic (exact) mass is 553 g/mol. The number of benzene rings is 1. The van der Waals surface area contributed by atoms with Gasteiger partial charge in [0.25, 0.3) is 5.91 Å². The normalized spacial score (nSPS) is 14.3. The molecule has 0 heterocycles. The number of carbonyl (C=O) groups excluding carboxylic acids is 2. The smallest absolute Gasteiger partial charge is 0.320 e. The molecule has 1 aromatic carbocycles. The molecular formula is C30H34F3N5O2. The fourth-order valence-electron chi connectivity index (χ4n) is 3.48. The number of ketones is 1. The van der Waals surface area contributed by atoms with Gasteiger partial charge in [0.05, 0.1) is 18.3 Å². The zero-order chi connectivity index (χ0) is 30.6. The van der Waals surface area contributed by atoms with Crippen molar-refractivity contribution in [3.63, 3.8) is 0 Å². The van der Waals surface area contributed by atoms with Crippen LogP contribution in [0.25, 0.3) is 5.57 Å². The second-order valence-corrected chi connectivity index (χ2v) is 8.72. The van der Waals surface area contributed by atoms with Gasteiger partial charge in [0, 0.05) is 23.9 Å². The molecular weight excluding hydrogens is 519 g/mol. The minimum absolute atomic E-state index is 0.0390. The van der Waals surface area contributed by atoms with E-state index in [-0.39, 0.29) is 40.6 Å². The summed E-state index contributed by atoms with van der Waals surface area (Å²) in [7, 11) is 1.35. The van der Waals surface area contributed by atoms with Gasteiger partial charge in [0.1, 0.15) is 11.4 Å². The SMILES string of the molecule is C=CC(CN(C)/N=C(\C)C(F)(F)F)=N/C(C(=O)NC(=C\C)/C(=C\C(C#N)=C/C)C(C)=O)=C(\C)c1ccccc1C. The van der Waals surface area contributed by atoms with E-state index in [1.807, 2.05) is 31.2 Å². The summed E-state index contributed by atoms with van der Waals surface area (Å²) in [6.45, 7) is 12.5. The van der Waals surface area contributed by atoms with Gasteiger partial charge in [-0.1, -0.05) is 43.0 Å². The van der Waals surface area contributed by atoms with Gasteiger partial charge in [0.2, 0.25) is 0 Å². The van der Waals surface area contributed by atoms with Gasteiger partial charge in [-0.2, -0.15) is 23.5 Å². The van der Waals surface area contributed by atoms with Crippen molar-refractivity contribution in [3.05, 3.63) is 88.8 Å². The number of Topliss-reactive ketones (excluding diaryl/α,β-unsaturated/α-hetero) is 1. The average molecular weight is 554 g/mol. The van der Waals surface area contributed by atoms with Crippen LogP contribution < -0.4 is 5.32 Å². The first-order valence-corrected chi connectivity index (χ1v) is 12.3. The molecule has 10 heteroatoms. The maximum absolute atomic E-state index is 13.7. The van der Waals surface area contributed by atoms with Crippen molar-refractivity contribution in [3.8, 4) is 6.07 Å². The molecule has 0 saturated heterocycles. The molecule has 1 N–H and O–H groups in total. The maximum atomic E-state index is 13.7. The number of carbonyl (C=O) groups is 2. The molecule has 0 bridgehead atoms. The van der Waals surface area contributed by atoms with Crippen LogP contribution in [0.3, 0.4) is 0 Å². The molecule has 0 saturated carbocycles. The highest BCUT2D eigenvalue weighted by Crippen LogP contribution is 2.24. The van der Waals surface area contributed by atoms with Crippen LogP contribution >= 0.6 is 0 Å². The largest absolute Gasteiger partial charge is 0.430 e. The first-order valence-electron chi connectivity index (χ1n) is 12.3. The number of aryl methyl sites for hydroxylation is 1. The molecule has 1 amide bonds. The second-order valence-electron chi connectivity index (χ2n) is 8.72. The van der Waals surface area contributed by atoms with E-state index in [0.717, 1.165) is 23.1 Å². The van der Waals surface area contributed by atoms with E-state index in [2.05, 4.69) is 22.0 Å². The summed E-state index contributed by atoms with van der Waals surface area (Å²) in [5.41, 5.74) is 1.70. The fraction of sp³-hybridized carbons (Fsp3) is 0.300. The number of hydrazone groups is 1. The number of rotatable bonds is 11. The Kier molecular flexibility index (Phi) is 12.7. The van der Waals surface area contributed by atoms with Crippen LogP contribution in [0.15, 0.2) is 87.8 Å². The van der Waals surface area contributed by atoms with Crippen LogP contribution in [0, 0.1) is 18.3 Å². The lowest BCUT2D eigenvalue weighted by atomic mass is 9.99. The van der Waals surface area contributed by atoms with Crippen molar-refractivity contribution in [1.29, 1.82) is 5.26 Å². The van der Waals surface area contributed by atoms with E-state index >= 15 is 0 Å². The number of allylic oxidation sites excluding steroid dienone is 6. The molecule has 0 spiro atoms. The second kappa shape index (κ2) is 15.2. The number of hydrogen-bond acceptors (Lipinski definition) is 6. The summed E-state index contributed by atoms with van der Waals surface area (Å²) in [4.78, 5) is 30.6. The Morgan fingerprint density at radius 2 is 1.77 bits per heavy atom. The summed E-state index contributed by atoms with van der Waals surface area (Å²) >= 11 is 0. The van der Waals surface area contributed by atoms with Crippen molar-refractivity contribution < 1.29 is 22.8 Å². The molecule has 0 atom stereocenters. The number of nitrogens with zero attached hydrogens (tertiary/aromatic N) is 4. The number of aliphatic imine (C=N–C) groups is 1. The molecule has 0 aliphatic heterocycles. The van der Waals surface area contributed by atoms with Crippen molar-refractivity contribution in [2.24, 2.45) is 10.1 Å². The third-order valence-electron chi connectivity index (χ3n) is 5.68. The van der Waals surface area contributed by atoms with Gasteiger partial charge in [0.15, 0.2) is 5.78 Å². The quantitative estimate of drug-likeness (QED) is 0.116. The average Bonchev–Trinajstić information content (AvgIpc) is 2.89. The van der Waals surface area contributed by atoms with Crippen LogP contribution in [-0.4, -0.2) is 47.9 Å². The molecule has 0 aliphatic carbocycles. The van der Waals surface area contributed by atoms with Gasteiger partial charge in [-0.05, 0) is 70.4 Å². The van der Waals surface area contributed by atoms with Crippen LogP contribution in [-0.2, 0) is 9.59 Å². The predicted molar refractivity (Wildman–Crippen MR) is 153 cm³/mol. The minimum atomic E-state index is -4.59. The van der Waals surface area contributed by atoms with E-state index in [9.17, 15) is 28.0 Å². The first kappa shape index (κ1) is 33.5. The summed E-state index contributed by atoms with van der Waals surface area (Å²) < 4.78 is 38.9. The molecule has 1 aromatic rings. The first-order chi connectivity index (χ1) is 18.7. The summed E-state index contributed by atoms with van der Waals surface area (Å²) in [5, 5.41) is 16.6. The predicted octanol–water partition coefficient (Wildman–Crippen LogP) is 6.23. The van der Waals surface area contributed by atoms with E-state index in [4.69, 9.17) is 0 Å².